The fraction of sp³-hybridized carbons (Fsp3) is 0.452. The molecule has 7 rings (SSSR count). The van der Waals surface area contributed by atoms with Crippen molar-refractivity contribution in [3.05, 3.63) is 77.6 Å². The highest BCUT2D eigenvalue weighted by Crippen LogP contribution is 2.32. The lowest BCUT2D eigenvalue weighted by atomic mass is 10.0. The molecule has 4 amide bonds. The van der Waals surface area contributed by atoms with Crippen molar-refractivity contribution in [2.24, 2.45) is 0 Å². The van der Waals surface area contributed by atoms with Crippen LogP contribution in [0.1, 0.15) is 45.5 Å². The zero-order chi connectivity index (χ0) is 41.7. The Kier molecular flexibility index (Phi) is 14.8. The van der Waals surface area contributed by atoms with E-state index in [9.17, 15) is 24.4 Å². The van der Waals surface area contributed by atoms with E-state index in [1.807, 2.05) is 28.7 Å². The summed E-state index contributed by atoms with van der Waals surface area (Å²) in [5.41, 5.74) is 3.86. The highest BCUT2D eigenvalue weighted by molar-refractivity contribution is 6.25. The number of carbonyl (C=O) groups is 4. The maximum Gasteiger partial charge on any atom is 0.264 e. The van der Waals surface area contributed by atoms with E-state index >= 15 is 0 Å². The number of fused-ring (bicyclic) bond motifs is 2. The summed E-state index contributed by atoms with van der Waals surface area (Å²) in [4.78, 5) is 62.7. The summed E-state index contributed by atoms with van der Waals surface area (Å²) in [5, 5.41) is 18.2. The lowest BCUT2D eigenvalue weighted by molar-refractivity contribution is -0.136. The van der Waals surface area contributed by atoms with Gasteiger partial charge in [0.1, 0.15) is 23.6 Å². The number of hydrogen-bond donors (Lipinski definition) is 3. The lowest BCUT2D eigenvalue weighted by Gasteiger charge is -2.27. The van der Waals surface area contributed by atoms with E-state index in [2.05, 4.69) is 31.9 Å². The molecule has 3 aliphatic heterocycles. The molecule has 316 valence electrons. The van der Waals surface area contributed by atoms with Crippen LogP contribution in [0, 0.1) is 11.3 Å². The molecule has 0 bridgehead atoms. The van der Waals surface area contributed by atoms with Crippen molar-refractivity contribution in [2.45, 2.75) is 31.3 Å². The number of hydrogen-bond acceptors (Lipinski definition) is 15. The van der Waals surface area contributed by atoms with Gasteiger partial charge in [-0.3, -0.25) is 38.7 Å². The SMILES string of the molecule is N#Cc1ccc2ncc(-c3cccc(NC4CCN(CCOCCOCCOCCOCCOCCNc5cccc6c5C(=O)N(C5CCC(=O)NC5=O)C6=O)C4)n3)n2c1. The number of nitriles is 1. The molecule has 0 saturated carbocycles. The van der Waals surface area contributed by atoms with Gasteiger partial charge in [0.05, 0.1) is 100 Å². The molecule has 3 aliphatic rings. The molecule has 6 heterocycles. The van der Waals surface area contributed by atoms with Crippen molar-refractivity contribution in [2.75, 3.05) is 103 Å². The number of likely N-dealkylation sites (tertiary alicyclic amines) is 1. The molecular formula is C42H49N9O9. The first-order chi connectivity index (χ1) is 29.4. The van der Waals surface area contributed by atoms with Crippen molar-refractivity contribution >= 4 is 40.8 Å². The van der Waals surface area contributed by atoms with Crippen LogP contribution < -0.4 is 16.0 Å². The number of piperidine rings is 1. The molecule has 0 aliphatic carbocycles. The Morgan fingerprint density at radius 3 is 2.27 bits per heavy atom. The summed E-state index contributed by atoms with van der Waals surface area (Å²) in [5.74, 6) is -1.36. The third-order valence-corrected chi connectivity index (χ3v) is 10.3. The number of imidazole rings is 1. The van der Waals surface area contributed by atoms with Crippen LogP contribution in [0.5, 0.6) is 0 Å². The van der Waals surface area contributed by atoms with Crippen molar-refractivity contribution in [3.63, 3.8) is 0 Å². The fourth-order valence-corrected chi connectivity index (χ4v) is 7.35. The average Bonchev–Trinajstić information content (AvgIpc) is 3.96. The summed E-state index contributed by atoms with van der Waals surface area (Å²) in [6, 6.07) is 15.9. The quantitative estimate of drug-likeness (QED) is 0.0724. The maximum absolute atomic E-state index is 13.2. The first-order valence-corrected chi connectivity index (χ1v) is 20.2. The van der Waals surface area contributed by atoms with Gasteiger partial charge in [0.15, 0.2) is 0 Å². The topological polar surface area (TPSA) is 211 Å². The largest absolute Gasteiger partial charge is 0.382 e. The lowest BCUT2D eigenvalue weighted by Crippen LogP contribution is -2.54. The number of benzene rings is 1. The highest BCUT2D eigenvalue weighted by atomic mass is 16.6. The second kappa shape index (κ2) is 20.9. The monoisotopic (exact) mass is 823 g/mol. The second-order valence-corrected chi connectivity index (χ2v) is 14.4. The number of imide groups is 2. The Hall–Kier alpha value is -5.81. The number of pyridine rings is 2. The van der Waals surface area contributed by atoms with E-state index < -0.39 is 29.7 Å². The Morgan fingerprint density at radius 1 is 0.817 bits per heavy atom. The smallest absolute Gasteiger partial charge is 0.264 e. The number of nitrogens with zero attached hydrogens (tertiary/aromatic N) is 6. The third kappa shape index (κ3) is 10.7. The van der Waals surface area contributed by atoms with Gasteiger partial charge in [-0.2, -0.15) is 5.26 Å². The number of amides is 4. The molecule has 18 nitrogen and oxygen atoms in total. The molecule has 18 heteroatoms. The zero-order valence-corrected chi connectivity index (χ0v) is 33.3. The van der Waals surface area contributed by atoms with Crippen LogP contribution in [0.25, 0.3) is 17.0 Å². The number of nitrogens with one attached hydrogen (secondary N) is 3. The standard InChI is InChI=1S/C42H49N9O9/c43-25-29-7-9-37-45-26-35(50(37)27-29)32-4-2-6-36(47-32)46-30-11-13-49(28-30)14-16-57-18-20-59-22-24-60-23-21-58-19-17-56-15-12-44-33-5-1-3-31-39(33)42(55)51(41(31)54)34-8-10-38(52)48-40(34)53/h1-7,9,26-27,30,34,44H,8,10-24,28H2,(H,46,47)(H,48,52,53). The Labute approximate surface area is 347 Å². The second-order valence-electron chi connectivity index (χ2n) is 14.4. The van der Waals surface area contributed by atoms with Gasteiger partial charge in [-0.25, -0.2) is 9.97 Å². The van der Waals surface area contributed by atoms with Crippen molar-refractivity contribution in [3.8, 4) is 17.5 Å². The van der Waals surface area contributed by atoms with E-state index in [0.717, 1.165) is 53.8 Å². The molecule has 2 unspecified atom stereocenters. The van der Waals surface area contributed by atoms with Crippen LogP contribution in [0.3, 0.4) is 0 Å². The van der Waals surface area contributed by atoms with Crippen molar-refractivity contribution < 1.29 is 42.9 Å². The van der Waals surface area contributed by atoms with Gasteiger partial charge in [0, 0.05) is 50.5 Å². The zero-order valence-electron chi connectivity index (χ0n) is 33.3. The molecule has 3 N–H and O–H groups in total. The summed E-state index contributed by atoms with van der Waals surface area (Å²) in [6.07, 6.45) is 4.74. The van der Waals surface area contributed by atoms with E-state index in [1.165, 1.54) is 0 Å². The van der Waals surface area contributed by atoms with Crippen LogP contribution >= 0.6 is 0 Å². The number of aromatic nitrogens is 3. The fourth-order valence-electron chi connectivity index (χ4n) is 7.35. The molecule has 2 fully saturated rings. The van der Waals surface area contributed by atoms with Gasteiger partial charge in [-0.1, -0.05) is 12.1 Å². The minimum Gasteiger partial charge on any atom is -0.382 e. The van der Waals surface area contributed by atoms with E-state index in [4.69, 9.17) is 28.7 Å². The molecule has 2 saturated heterocycles. The van der Waals surface area contributed by atoms with Gasteiger partial charge in [0.2, 0.25) is 11.8 Å². The first-order valence-electron chi connectivity index (χ1n) is 20.2. The predicted octanol–water partition coefficient (Wildman–Crippen LogP) is 2.35. The number of carbonyl (C=O) groups excluding carboxylic acids is 4. The summed E-state index contributed by atoms with van der Waals surface area (Å²) >= 11 is 0. The number of ether oxygens (including phenoxy) is 5. The minimum absolute atomic E-state index is 0.0649. The molecule has 0 radical (unpaired) electrons. The predicted molar refractivity (Wildman–Crippen MR) is 217 cm³/mol. The highest BCUT2D eigenvalue weighted by Gasteiger charge is 2.45. The summed E-state index contributed by atoms with van der Waals surface area (Å²) in [6.45, 7) is 7.62. The van der Waals surface area contributed by atoms with Gasteiger partial charge >= 0.3 is 0 Å². The average molecular weight is 824 g/mol. The molecule has 0 spiro atoms. The Morgan fingerprint density at radius 2 is 1.53 bits per heavy atom. The molecule has 3 aromatic heterocycles. The number of anilines is 2. The maximum atomic E-state index is 13.2. The molecule has 4 aromatic rings. The van der Waals surface area contributed by atoms with Gasteiger partial charge in [-0.15, -0.1) is 0 Å². The van der Waals surface area contributed by atoms with Crippen LogP contribution in [0.4, 0.5) is 11.5 Å². The van der Waals surface area contributed by atoms with Crippen molar-refractivity contribution in [1.29, 1.82) is 5.26 Å². The van der Waals surface area contributed by atoms with Crippen molar-refractivity contribution in [1.82, 2.24) is 29.5 Å². The van der Waals surface area contributed by atoms with Crippen LogP contribution in [-0.2, 0) is 33.3 Å². The van der Waals surface area contributed by atoms with E-state index in [-0.39, 0.29) is 30.0 Å². The first kappa shape index (κ1) is 42.3. The van der Waals surface area contributed by atoms with E-state index in [1.54, 1.807) is 36.7 Å². The van der Waals surface area contributed by atoms with Gasteiger partial charge in [-0.05, 0) is 49.2 Å². The summed E-state index contributed by atoms with van der Waals surface area (Å²) < 4.78 is 30.1. The summed E-state index contributed by atoms with van der Waals surface area (Å²) in [7, 11) is 0. The Balaban J connectivity index is 0.662. The number of rotatable bonds is 23. The third-order valence-electron chi connectivity index (χ3n) is 10.3. The molecular weight excluding hydrogens is 775 g/mol. The molecule has 60 heavy (non-hydrogen) atoms. The normalized spacial score (nSPS) is 17.9. The van der Waals surface area contributed by atoms with Gasteiger partial charge in [0.25, 0.3) is 11.8 Å². The minimum atomic E-state index is -1.01. The van der Waals surface area contributed by atoms with Crippen LogP contribution in [-0.4, -0.2) is 152 Å². The molecule has 2 atom stereocenters. The Bertz CT molecular complexity index is 2190. The van der Waals surface area contributed by atoms with Gasteiger partial charge < -0.3 is 34.3 Å². The molecule has 1 aromatic carbocycles. The van der Waals surface area contributed by atoms with Crippen LogP contribution in [0.2, 0.25) is 0 Å². The van der Waals surface area contributed by atoms with Crippen LogP contribution in [0.15, 0.2) is 60.9 Å². The van der Waals surface area contributed by atoms with E-state index in [0.29, 0.717) is 83.9 Å².